The van der Waals surface area contributed by atoms with Gasteiger partial charge in [-0.2, -0.15) is 0 Å². The quantitative estimate of drug-likeness (QED) is 0.730. The average molecular weight is 194 g/mol. The number of rotatable bonds is 2. The number of furan rings is 1. The van der Waals surface area contributed by atoms with E-state index in [4.69, 9.17) is 4.42 Å². The molecule has 4 nitrogen and oxygen atoms in total. The number of nitrogens with one attached hydrogen (secondary N) is 2. The minimum absolute atomic E-state index is 0.0487. The monoisotopic (exact) mass is 194 g/mol. The fourth-order valence-corrected chi connectivity index (χ4v) is 1.64. The highest BCUT2D eigenvalue weighted by Gasteiger charge is 2.16. The molecule has 1 aliphatic rings. The van der Waals surface area contributed by atoms with Gasteiger partial charge in [-0.15, -0.1) is 0 Å². The fraction of sp³-hybridized carbons (Fsp3) is 0.500. The largest absolute Gasteiger partial charge is 0.472 e. The van der Waals surface area contributed by atoms with Crippen LogP contribution in [0.15, 0.2) is 23.0 Å². The van der Waals surface area contributed by atoms with Gasteiger partial charge in [-0.3, -0.25) is 4.79 Å². The van der Waals surface area contributed by atoms with Crippen LogP contribution in [-0.2, 0) is 0 Å². The van der Waals surface area contributed by atoms with Crippen molar-refractivity contribution < 1.29 is 9.21 Å². The maximum atomic E-state index is 11.6. The molecule has 0 aromatic carbocycles. The number of piperidine rings is 1. The molecule has 76 valence electrons. The molecular weight excluding hydrogens is 180 g/mol. The lowest BCUT2D eigenvalue weighted by Gasteiger charge is -2.23. The lowest BCUT2D eigenvalue weighted by molar-refractivity contribution is 0.0930. The van der Waals surface area contributed by atoms with Gasteiger partial charge in [0.15, 0.2) is 0 Å². The summed E-state index contributed by atoms with van der Waals surface area (Å²) in [5.41, 5.74) is 0.593. The molecule has 1 aromatic heterocycles. The van der Waals surface area contributed by atoms with E-state index in [1.54, 1.807) is 6.07 Å². The van der Waals surface area contributed by atoms with E-state index < -0.39 is 0 Å². The van der Waals surface area contributed by atoms with Crippen LogP contribution in [0, 0.1) is 0 Å². The Labute approximate surface area is 82.7 Å². The van der Waals surface area contributed by atoms with E-state index in [1.807, 2.05) is 0 Å². The molecule has 1 aromatic rings. The molecule has 1 amide bonds. The van der Waals surface area contributed by atoms with Crippen LogP contribution in [0.5, 0.6) is 0 Å². The molecule has 0 bridgehead atoms. The van der Waals surface area contributed by atoms with Crippen LogP contribution in [0.4, 0.5) is 0 Å². The van der Waals surface area contributed by atoms with Crippen molar-refractivity contribution >= 4 is 5.91 Å². The van der Waals surface area contributed by atoms with E-state index >= 15 is 0 Å². The molecular formula is C10H14N2O2. The highest BCUT2D eigenvalue weighted by molar-refractivity contribution is 5.93. The van der Waals surface area contributed by atoms with E-state index in [0.29, 0.717) is 5.56 Å². The summed E-state index contributed by atoms with van der Waals surface area (Å²) in [4.78, 5) is 11.6. The first-order valence-electron chi connectivity index (χ1n) is 4.90. The highest BCUT2D eigenvalue weighted by Crippen LogP contribution is 2.04. The number of amides is 1. The second-order valence-corrected chi connectivity index (χ2v) is 3.53. The predicted molar refractivity (Wildman–Crippen MR) is 52.1 cm³/mol. The van der Waals surface area contributed by atoms with Crippen LogP contribution in [0.2, 0.25) is 0 Å². The van der Waals surface area contributed by atoms with Gasteiger partial charge >= 0.3 is 0 Å². The molecule has 2 heterocycles. The molecule has 1 atom stereocenters. The minimum atomic E-state index is -0.0487. The van der Waals surface area contributed by atoms with E-state index in [9.17, 15) is 4.79 Å². The third-order valence-corrected chi connectivity index (χ3v) is 2.42. The zero-order valence-corrected chi connectivity index (χ0v) is 7.95. The van der Waals surface area contributed by atoms with Crippen molar-refractivity contribution in [1.82, 2.24) is 10.6 Å². The van der Waals surface area contributed by atoms with Gasteiger partial charge in [0.05, 0.1) is 11.8 Å². The normalized spacial score (nSPS) is 21.9. The molecule has 0 aliphatic carbocycles. The number of carbonyl (C=O) groups excluding carboxylic acids is 1. The van der Waals surface area contributed by atoms with Crippen LogP contribution >= 0.6 is 0 Å². The number of hydrogen-bond donors (Lipinski definition) is 2. The van der Waals surface area contributed by atoms with Crippen LogP contribution in [0.1, 0.15) is 23.2 Å². The number of hydrogen-bond acceptors (Lipinski definition) is 3. The lowest BCUT2D eigenvalue weighted by atomic mass is 10.1. The molecule has 4 heteroatoms. The van der Waals surface area contributed by atoms with E-state index in [2.05, 4.69) is 10.6 Å². The Kier molecular flexibility index (Phi) is 2.84. The second-order valence-electron chi connectivity index (χ2n) is 3.53. The minimum Gasteiger partial charge on any atom is -0.472 e. The SMILES string of the molecule is O=C(N[C@H]1CCCNC1)c1ccoc1. The summed E-state index contributed by atoms with van der Waals surface area (Å²) < 4.78 is 4.85. The molecule has 1 fully saturated rings. The van der Waals surface area contributed by atoms with Gasteiger partial charge < -0.3 is 15.1 Å². The second kappa shape index (κ2) is 4.28. The Bertz CT molecular complexity index is 289. The average Bonchev–Trinajstić information content (AvgIpc) is 2.72. The first-order valence-corrected chi connectivity index (χ1v) is 4.90. The molecule has 14 heavy (non-hydrogen) atoms. The maximum Gasteiger partial charge on any atom is 0.254 e. The molecule has 1 aliphatic heterocycles. The van der Waals surface area contributed by atoms with Gasteiger partial charge in [0, 0.05) is 12.6 Å². The smallest absolute Gasteiger partial charge is 0.254 e. The van der Waals surface area contributed by atoms with Crippen LogP contribution < -0.4 is 10.6 Å². The summed E-state index contributed by atoms with van der Waals surface area (Å²) in [6.45, 7) is 1.92. The third kappa shape index (κ3) is 2.14. The topological polar surface area (TPSA) is 54.3 Å². The molecule has 0 unspecified atom stereocenters. The Hall–Kier alpha value is -1.29. The Morgan fingerprint density at radius 1 is 1.64 bits per heavy atom. The first-order chi connectivity index (χ1) is 6.86. The Morgan fingerprint density at radius 3 is 3.21 bits per heavy atom. The van der Waals surface area contributed by atoms with Crippen molar-refractivity contribution in [2.75, 3.05) is 13.1 Å². The van der Waals surface area contributed by atoms with Crippen molar-refractivity contribution in [2.24, 2.45) is 0 Å². The third-order valence-electron chi connectivity index (χ3n) is 2.42. The summed E-state index contributed by atoms with van der Waals surface area (Å²) in [7, 11) is 0. The molecule has 2 rings (SSSR count). The summed E-state index contributed by atoms with van der Waals surface area (Å²) in [6.07, 6.45) is 5.15. The van der Waals surface area contributed by atoms with E-state index in [1.165, 1.54) is 12.5 Å². The summed E-state index contributed by atoms with van der Waals surface area (Å²) in [5, 5.41) is 6.21. The van der Waals surface area contributed by atoms with Crippen molar-refractivity contribution in [1.29, 1.82) is 0 Å². The fourth-order valence-electron chi connectivity index (χ4n) is 1.64. The van der Waals surface area contributed by atoms with Crippen molar-refractivity contribution in [3.05, 3.63) is 24.2 Å². The van der Waals surface area contributed by atoms with Crippen LogP contribution in [0.3, 0.4) is 0 Å². The van der Waals surface area contributed by atoms with Gasteiger partial charge in [-0.25, -0.2) is 0 Å². The molecule has 0 radical (unpaired) electrons. The zero-order chi connectivity index (χ0) is 9.80. The summed E-state index contributed by atoms with van der Waals surface area (Å²) in [6, 6.07) is 1.93. The van der Waals surface area contributed by atoms with Gasteiger partial charge in [0.1, 0.15) is 6.26 Å². The highest BCUT2D eigenvalue weighted by atomic mass is 16.3. The Balaban J connectivity index is 1.87. The molecule has 1 saturated heterocycles. The van der Waals surface area contributed by atoms with Gasteiger partial charge in [0.2, 0.25) is 0 Å². The van der Waals surface area contributed by atoms with E-state index in [-0.39, 0.29) is 11.9 Å². The maximum absolute atomic E-state index is 11.6. The zero-order valence-electron chi connectivity index (χ0n) is 7.95. The molecule has 2 N–H and O–H groups in total. The standard InChI is InChI=1S/C10H14N2O2/c13-10(8-3-5-14-7-8)12-9-2-1-4-11-6-9/h3,5,7,9,11H,1-2,4,6H2,(H,12,13)/t9-/m0/s1. The van der Waals surface area contributed by atoms with Crippen molar-refractivity contribution in [3.8, 4) is 0 Å². The summed E-state index contributed by atoms with van der Waals surface area (Å²) in [5.74, 6) is -0.0487. The molecule has 0 saturated carbocycles. The van der Waals surface area contributed by atoms with Crippen LogP contribution in [0.25, 0.3) is 0 Å². The Morgan fingerprint density at radius 2 is 2.57 bits per heavy atom. The van der Waals surface area contributed by atoms with Crippen molar-refractivity contribution in [3.63, 3.8) is 0 Å². The van der Waals surface area contributed by atoms with Crippen molar-refractivity contribution in [2.45, 2.75) is 18.9 Å². The summed E-state index contributed by atoms with van der Waals surface area (Å²) >= 11 is 0. The molecule has 0 spiro atoms. The first kappa shape index (κ1) is 9.27. The predicted octanol–water partition coefficient (Wildman–Crippen LogP) is 0.761. The number of carbonyl (C=O) groups is 1. The van der Waals surface area contributed by atoms with Gasteiger partial charge in [0.25, 0.3) is 5.91 Å². The van der Waals surface area contributed by atoms with Gasteiger partial charge in [-0.05, 0) is 25.5 Å². The van der Waals surface area contributed by atoms with Crippen LogP contribution in [-0.4, -0.2) is 25.0 Å². The van der Waals surface area contributed by atoms with E-state index in [0.717, 1.165) is 25.9 Å². The van der Waals surface area contributed by atoms with Gasteiger partial charge in [-0.1, -0.05) is 0 Å². The lowest BCUT2D eigenvalue weighted by Crippen LogP contribution is -2.45.